The van der Waals surface area contributed by atoms with Gasteiger partial charge < -0.3 is 24.1 Å². The maximum atomic E-state index is 12.3. The topological polar surface area (TPSA) is 110 Å². The SMILES string of the molecule is O=C(CC1C(=O)NCCN1C(=S)NC(=O)c1ccc(Br)o1)OCCOc1ccccc1. The summed E-state index contributed by atoms with van der Waals surface area (Å²) in [4.78, 5) is 38.3. The largest absolute Gasteiger partial charge is 0.490 e. The van der Waals surface area contributed by atoms with Crippen molar-refractivity contribution in [3.8, 4) is 5.75 Å². The predicted molar refractivity (Wildman–Crippen MR) is 117 cm³/mol. The number of hydrogen-bond acceptors (Lipinski definition) is 7. The van der Waals surface area contributed by atoms with Crippen LogP contribution >= 0.6 is 28.1 Å². The Hall–Kier alpha value is -2.92. The quantitative estimate of drug-likeness (QED) is 0.330. The van der Waals surface area contributed by atoms with Crippen molar-refractivity contribution in [2.45, 2.75) is 12.5 Å². The number of thiocarbonyl (C=S) groups is 1. The van der Waals surface area contributed by atoms with E-state index < -0.39 is 17.9 Å². The van der Waals surface area contributed by atoms with Crippen molar-refractivity contribution in [3.63, 3.8) is 0 Å². The Bertz CT molecular complexity index is 951. The number of furan rings is 1. The van der Waals surface area contributed by atoms with E-state index in [4.69, 9.17) is 26.1 Å². The van der Waals surface area contributed by atoms with Crippen LogP contribution in [0.4, 0.5) is 0 Å². The van der Waals surface area contributed by atoms with Crippen molar-refractivity contribution in [3.05, 3.63) is 52.9 Å². The van der Waals surface area contributed by atoms with Gasteiger partial charge >= 0.3 is 5.97 Å². The van der Waals surface area contributed by atoms with Crippen LogP contribution in [0, 0.1) is 0 Å². The number of para-hydroxylation sites is 1. The van der Waals surface area contributed by atoms with Gasteiger partial charge in [-0.1, -0.05) is 18.2 Å². The molecule has 1 fully saturated rings. The zero-order valence-corrected chi connectivity index (χ0v) is 18.7. The van der Waals surface area contributed by atoms with Gasteiger partial charge in [0.2, 0.25) is 5.91 Å². The van der Waals surface area contributed by atoms with Gasteiger partial charge in [0.05, 0.1) is 6.42 Å². The number of nitrogens with one attached hydrogen (secondary N) is 2. The lowest BCUT2D eigenvalue weighted by Crippen LogP contribution is -2.60. The van der Waals surface area contributed by atoms with Crippen LogP contribution in [0.1, 0.15) is 17.0 Å². The molecule has 2 aromatic rings. The number of esters is 1. The van der Waals surface area contributed by atoms with Gasteiger partial charge in [0.25, 0.3) is 5.91 Å². The second-order valence-electron chi connectivity index (χ2n) is 6.45. The molecule has 0 aliphatic carbocycles. The molecule has 1 aliphatic rings. The molecular weight excluding hydrogens is 490 g/mol. The molecule has 3 rings (SSSR count). The minimum Gasteiger partial charge on any atom is -0.490 e. The first-order valence-electron chi connectivity index (χ1n) is 9.42. The second-order valence-corrected chi connectivity index (χ2v) is 7.62. The van der Waals surface area contributed by atoms with Gasteiger partial charge in [-0.3, -0.25) is 19.7 Å². The highest BCUT2D eigenvalue weighted by Gasteiger charge is 2.34. The zero-order valence-electron chi connectivity index (χ0n) is 16.3. The molecule has 0 bridgehead atoms. The summed E-state index contributed by atoms with van der Waals surface area (Å²) in [6.45, 7) is 0.888. The number of nitrogens with zero attached hydrogens (tertiary/aromatic N) is 1. The van der Waals surface area contributed by atoms with Gasteiger partial charge in [-0.05, 0) is 52.4 Å². The van der Waals surface area contributed by atoms with Gasteiger partial charge in [0.1, 0.15) is 25.0 Å². The van der Waals surface area contributed by atoms with Crippen molar-refractivity contribution < 1.29 is 28.3 Å². The van der Waals surface area contributed by atoms with Gasteiger partial charge in [0.15, 0.2) is 15.5 Å². The van der Waals surface area contributed by atoms with Crippen LogP contribution in [-0.2, 0) is 14.3 Å². The summed E-state index contributed by atoms with van der Waals surface area (Å²) in [7, 11) is 0. The molecule has 2 N–H and O–H groups in total. The van der Waals surface area contributed by atoms with E-state index in [1.807, 2.05) is 18.2 Å². The Morgan fingerprint density at radius 2 is 2.00 bits per heavy atom. The molecule has 0 radical (unpaired) electrons. The minimum atomic E-state index is -0.896. The number of rotatable bonds is 7. The summed E-state index contributed by atoms with van der Waals surface area (Å²) < 4.78 is 16.2. The molecule has 11 heteroatoms. The van der Waals surface area contributed by atoms with Crippen LogP contribution in [0.3, 0.4) is 0 Å². The highest BCUT2D eigenvalue weighted by molar-refractivity contribution is 9.10. The molecule has 1 aromatic heterocycles. The Labute approximate surface area is 192 Å². The third-order valence-electron chi connectivity index (χ3n) is 4.33. The van der Waals surface area contributed by atoms with E-state index in [9.17, 15) is 14.4 Å². The van der Waals surface area contributed by atoms with E-state index in [1.54, 1.807) is 18.2 Å². The van der Waals surface area contributed by atoms with Crippen molar-refractivity contribution in [2.75, 3.05) is 26.3 Å². The first-order chi connectivity index (χ1) is 14.9. The fourth-order valence-corrected chi connectivity index (χ4v) is 3.49. The molecule has 31 heavy (non-hydrogen) atoms. The number of carbonyl (C=O) groups excluding carboxylic acids is 3. The number of ether oxygens (including phenoxy) is 2. The monoisotopic (exact) mass is 509 g/mol. The van der Waals surface area contributed by atoms with Crippen LogP contribution in [0.25, 0.3) is 0 Å². The Morgan fingerprint density at radius 3 is 2.71 bits per heavy atom. The van der Waals surface area contributed by atoms with Gasteiger partial charge in [-0.25, -0.2) is 0 Å². The number of carbonyl (C=O) groups is 3. The molecular formula is C20H20BrN3O6S. The van der Waals surface area contributed by atoms with Crippen LogP contribution in [0.15, 0.2) is 51.6 Å². The molecule has 2 heterocycles. The van der Waals surface area contributed by atoms with E-state index in [2.05, 4.69) is 26.6 Å². The van der Waals surface area contributed by atoms with E-state index in [0.717, 1.165) is 0 Å². The van der Waals surface area contributed by atoms with Crippen LogP contribution in [0.5, 0.6) is 5.75 Å². The van der Waals surface area contributed by atoms with Crippen molar-refractivity contribution in [2.24, 2.45) is 0 Å². The van der Waals surface area contributed by atoms with Crippen LogP contribution in [-0.4, -0.2) is 60.1 Å². The Kier molecular flexibility index (Phi) is 8.01. The summed E-state index contributed by atoms with van der Waals surface area (Å²) >= 11 is 8.41. The molecule has 1 atom stereocenters. The predicted octanol–water partition coefficient (Wildman–Crippen LogP) is 1.87. The van der Waals surface area contributed by atoms with Crippen molar-refractivity contribution in [1.82, 2.24) is 15.5 Å². The number of benzene rings is 1. The lowest BCUT2D eigenvalue weighted by molar-refractivity contribution is -0.148. The Morgan fingerprint density at radius 1 is 1.23 bits per heavy atom. The third kappa shape index (κ3) is 6.53. The van der Waals surface area contributed by atoms with E-state index in [1.165, 1.54) is 11.0 Å². The van der Waals surface area contributed by atoms with Crippen LogP contribution < -0.4 is 15.4 Å². The maximum Gasteiger partial charge on any atom is 0.308 e. The fraction of sp³-hybridized carbons (Fsp3) is 0.300. The Balaban J connectivity index is 1.51. The van der Waals surface area contributed by atoms with E-state index >= 15 is 0 Å². The van der Waals surface area contributed by atoms with Gasteiger partial charge in [0, 0.05) is 13.1 Å². The standard InChI is InChI=1S/C20H20BrN3O6S/c21-16-7-6-15(30-16)19(27)23-20(31)24-9-8-22-18(26)14(24)12-17(25)29-11-10-28-13-4-2-1-3-5-13/h1-7,14H,8-12H2,(H,22,26)(H,23,27,31). The highest BCUT2D eigenvalue weighted by atomic mass is 79.9. The molecule has 1 unspecified atom stereocenters. The molecule has 2 amide bonds. The summed E-state index contributed by atoms with van der Waals surface area (Å²) in [5.41, 5.74) is 0. The summed E-state index contributed by atoms with van der Waals surface area (Å²) in [5, 5.41) is 5.24. The van der Waals surface area contributed by atoms with Crippen molar-refractivity contribution >= 4 is 51.0 Å². The van der Waals surface area contributed by atoms with Gasteiger partial charge in [-0.2, -0.15) is 0 Å². The molecule has 1 aliphatic heterocycles. The molecule has 0 spiro atoms. The average Bonchev–Trinajstić information content (AvgIpc) is 3.20. The van der Waals surface area contributed by atoms with Crippen LogP contribution in [0.2, 0.25) is 0 Å². The zero-order chi connectivity index (χ0) is 22.2. The molecule has 1 saturated heterocycles. The highest BCUT2D eigenvalue weighted by Crippen LogP contribution is 2.15. The number of halogens is 1. The molecule has 164 valence electrons. The number of amides is 2. The maximum absolute atomic E-state index is 12.3. The summed E-state index contributed by atoms with van der Waals surface area (Å²) in [6.07, 6.45) is -0.223. The first kappa shape index (κ1) is 22.8. The molecule has 9 nitrogen and oxygen atoms in total. The minimum absolute atomic E-state index is 0.0255. The first-order valence-corrected chi connectivity index (χ1v) is 10.6. The number of piperazine rings is 1. The average molecular weight is 510 g/mol. The van der Waals surface area contributed by atoms with Crippen molar-refractivity contribution in [1.29, 1.82) is 0 Å². The van der Waals surface area contributed by atoms with Gasteiger partial charge in [-0.15, -0.1) is 0 Å². The molecule has 0 saturated carbocycles. The summed E-state index contributed by atoms with van der Waals surface area (Å²) in [5.74, 6) is -0.777. The normalized spacial score (nSPS) is 15.7. The van der Waals surface area contributed by atoms with E-state index in [-0.39, 0.29) is 36.4 Å². The smallest absolute Gasteiger partial charge is 0.308 e. The summed E-state index contributed by atoms with van der Waals surface area (Å²) in [6, 6.07) is 11.3. The van der Waals surface area contributed by atoms with E-state index in [0.29, 0.717) is 23.5 Å². The number of hydrogen-bond donors (Lipinski definition) is 2. The second kappa shape index (κ2) is 10.9. The fourth-order valence-electron chi connectivity index (χ4n) is 2.88. The third-order valence-corrected chi connectivity index (χ3v) is 5.09. The lowest BCUT2D eigenvalue weighted by Gasteiger charge is -2.36. The lowest BCUT2D eigenvalue weighted by atomic mass is 10.1. The molecule has 1 aromatic carbocycles.